The standard InChI is InChI=1S/C20H24ClN3O3S/c1-14(25)22-12-15-6-7-19(28-15)20(26)23-13-18(24-8-10-27-11-9-24)16-4-2-3-5-17(16)21/h2-7,18H,8-13H2,1H3,(H,22,25)(H,23,26). The Morgan fingerprint density at radius 1 is 1.18 bits per heavy atom. The molecule has 1 unspecified atom stereocenters. The molecule has 2 heterocycles. The van der Waals surface area contributed by atoms with E-state index in [0.29, 0.717) is 36.2 Å². The lowest BCUT2D eigenvalue weighted by atomic mass is 10.0. The van der Waals surface area contributed by atoms with Crippen LogP contribution < -0.4 is 10.6 Å². The van der Waals surface area contributed by atoms with Crippen LogP contribution in [0.25, 0.3) is 0 Å². The van der Waals surface area contributed by atoms with Gasteiger partial charge in [-0.1, -0.05) is 29.8 Å². The number of carbonyl (C=O) groups is 2. The van der Waals surface area contributed by atoms with Crippen LogP contribution in [0.5, 0.6) is 0 Å². The molecule has 2 amide bonds. The van der Waals surface area contributed by atoms with E-state index < -0.39 is 0 Å². The summed E-state index contributed by atoms with van der Waals surface area (Å²) in [4.78, 5) is 27.5. The molecule has 3 rings (SSSR count). The third kappa shape index (κ3) is 5.54. The van der Waals surface area contributed by atoms with Gasteiger partial charge < -0.3 is 15.4 Å². The molecular weight excluding hydrogens is 398 g/mol. The van der Waals surface area contributed by atoms with Crippen LogP contribution >= 0.6 is 22.9 Å². The van der Waals surface area contributed by atoms with Crippen LogP contribution in [0.15, 0.2) is 36.4 Å². The zero-order chi connectivity index (χ0) is 19.9. The second-order valence-electron chi connectivity index (χ2n) is 6.57. The van der Waals surface area contributed by atoms with Gasteiger partial charge in [0.25, 0.3) is 5.91 Å². The van der Waals surface area contributed by atoms with Crippen LogP contribution in [0, 0.1) is 0 Å². The third-order valence-electron chi connectivity index (χ3n) is 4.60. The normalized spacial score (nSPS) is 15.8. The average molecular weight is 422 g/mol. The molecule has 28 heavy (non-hydrogen) atoms. The predicted molar refractivity (Wildman–Crippen MR) is 111 cm³/mol. The van der Waals surface area contributed by atoms with Gasteiger partial charge in [-0.3, -0.25) is 14.5 Å². The van der Waals surface area contributed by atoms with E-state index >= 15 is 0 Å². The predicted octanol–water partition coefficient (Wildman–Crippen LogP) is 2.84. The molecule has 1 atom stereocenters. The fraction of sp³-hybridized carbons (Fsp3) is 0.400. The van der Waals surface area contributed by atoms with Crippen LogP contribution in [-0.4, -0.2) is 49.6 Å². The molecule has 0 saturated carbocycles. The smallest absolute Gasteiger partial charge is 0.261 e. The number of thiophene rings is 1. The number of halogens is 1. The summed E-state index contributed by atoms with van der Waals surface area (Å²) < 4.78 is 5.46. The molecule has 1 aliphatic heterocycles. The Bertz CT molecular complexity index is 821. The van der Waals surface area contributed by atoms with Crippen LogP contribution in [0.1, 0.15) is 33.1 Å². The summed E-state index contributed by atoms with van der Waals surface area (Å²) in [5.74, 6) is -0.211. The van der Waals surface area contributed by atoms with Crippen molar-refractivity contribution >= 4 is 34.8 Å². The van der Waals surface area contributed by atoms with Gasteiger partial charge in [-0.2, -0.15) is 0 Å². The zero-order valence-electron chi connectivity index (χ0n) is 15.7. The fourth-order valence-electron chi connectivity index (χ4n) is 3.15. The maximum absolute atomic E-state index is 12.6. The van der Waals surface area contributed by atoms with Crippen molar-refractivity contribution in [2.24, 2.45) is 0 Å². The number of amides is 2. The van der Waals surface area contributed by atoms with Crippen molar-refractivity contribution < 1.29 is 14.3 Å². The summed E-state index contributed by atoms with van der Waals surface area (Å²) in [6, 6.07) is 11.4. The van der Waals surface area contributed by atoms with Gasteiger partial charge in [0.1, 0.15) is 0 Å². The van der Waals surface area contributed by atoms with Crippen LogP contribution in [0.2, 0.25) is 5.02 Å². The third-order valence-corrected chi connectivity index (χ3v) is 6.03. The number of rotatable bonds is 7. The number of hydrogen-bond acceptors (Lipinski definition) is 5. The SMILES string of the molecule is CC(=O)NCc1ccc(C(=O)NCC(c2ccccc2Cl)N2CCOCC2)s1. The van der Waals surface area contributed by atoms with Crippen molar-refractivity contribution in [3.05, 3.63) is 56.7 Å². The highest BCUT2D eigenvalue weighted by atomic mass is 35.5. The lowest BCUT2D eigenvalue weighted by molar-refractivity contribution is -0.119. The second kappa shape index (κ2) is 10.0. The van der Waals surface area contributed by atoms with E-state index in [4.69, 9.17) is 16.3 Å². The first kappa shape index (κ1) is 20.8. The molecule has 0 radical (unpaired) electrons. The van der Waals surface area contributed by atoms with Crippen LogP contribution in [0.4, 0.5) is 0 Å². The molecule has 6 nitrogen and oxygen atoms in total. The second-order valence-corrected chi connectivity index (χ2v) is 8.15. The van der Waals surface area contributed by atoms with Gasteiger partial charge in [-0.05, 0) is 23.8 Å². The van der Waals surface area contributed by atoms with Crippen molar-refractivity contribution in [3.63, 3.8) is 0 Å². The molecule has 2 aromatic rings. The van der Waals surface area contributed by atoms with Crippen molar-refractivity contribution in [2.75, 3.05) is 32.8 Å². The lowest BCUT2D eigenvalue weighted by Crippen LogP contribution is -2.43. The molecule has 1 aliphatic rings. The number of hydrogen-bond donors (Lipinski definition) is 2. The van der Waals surface area contributed by atoms with Gasteiger partial charge in [0.15, 0.2) is 0 Å². The van der Waals surface area contributed by atoms with Crippen molar-refractivity contribution in [1.29, 1.82) is 0 Å². The lowest BCUT2D eigenvalue weighted by Gasteiger charge is -2.35. The number of nitrogens with zero attached hydrogens (tertiary/aromatic N) is 1. The van der Waals surface area contributed by atoms with Crippen molar-refractivity contribution in [3.8, 4) is 0 Å². The molecule has 8 heteroatoms. The van der Waals surface area contributed by atoms with Gasteiger partial charge >= 0.3 is 0 Å². The Morgan fingerprint density at radius 3 is 2.64 bits per heavy atom. The summed E-state index contributed by atoms with van der Waals surface area (Å²) in [5, 5.41) is 6.48. The van der Waals surface area contributed by atoms with Crippen molar-refractivity contribution in [2.45, 2.75) is 19.5 Å². The van der Waals surface area contributed by atoms with Gasteiger partial charge in [0, 0.05) is 36.5 Å². The maximum atomic E-state index is 12.6. The number of carbonyl (C=O) groups excluding carboxylic acids is 2. The van der Waals surface area contributed by atoms with Gasteiger partial charge in [0.05, 0.1) is 30.7 Å². The zero-order valence-corrected chi connectivity index (χ0v) is 17.3. The highest BCUT2D eigenvalue weighted by Crippen LogP contribution is 2.28. The minimum absolute atomic E-state index is 0.0136. The molecule has 1 saturated heterocycles. The first-order chi connectivity index (χ1) is 13.5. The Balaban J connectivity index is 1.67. The molecular formula is C20H24ClN3O3S. The Morgan fingerprint density at radius 2 is 1.93 bits per heavy atom. The monoisotopic (exact) mass is 421 g/mol. The molecule has 1 fully saturated rings. The summed E-state index contributed by atoms with van der Waals surface area (Å²) in [7, 11) is 0. The summed E-state index contributed by atoms with van der Waals surface area (Å²) in [6.45, 7) is 5.31. The fourth-order valence-corrected chi connectivity index (χ4v) is 4.28. The molecule has 0 bridgehead atoms. The summed E-state index contributed by atoms with van der Waals surface area (Å²) in [6.07, 6.45) is 0. The highest BCUT2D eigenvalue weighted by Gasteiger charge is 2.25. The van der Waals surface area contributed by atoms with Gasteiger partial charge in [-0.15, -0.1) is 11.3 Å². The molecule has 1 aromatic carbocycles. The summed E-state index contributed by atoms with van der Waals surface area (Å²) in [5.41, 5.74) is 1.00. The van der Waals surface area contributed by atoms with E-state index in [-0.39, 0.29) is 17.9 Å². The topological polar surface area (TPSA) is 70.7 Å². The Hall–Kier alpha value is -1.93. The van der Waals surface area contributed by atoms with E-state index in [1.165, 1.54) is 18.3 Å². The van der Waals surface area contributed by atoms with E-state index in [1.807, 2.05) is 30.3 Å². The van der Waals surface area contributed by atoms with Crippen LogP contribution in [0.3, 0.4) is 0 Å². The Labute approximate surface area is 173 Å². The summed E-state index contributed by atoms with van der Waals surface area (Å²) >= 11 is 7.81. The molecule has 2 N–H and O–H groups in total. The molecule has 1 aromatic heterocycles. The highest BCUT2D eigenvalue weighted by molar-refractivity contribution is 7.14. The molecule has 150 valence electrons. The van der Waals surface area contributed by atoms with Gasteiger partial charge in [0.2, 0.25) is 5.91 Å². The maximum Gasteiger partial charge on any atom is 0.261 e. The van der Waals surface area contributed by atoms with E-state index in [1.54, 1.807) is 6.07 Å². The number of ether oxygens (including phenoxy) is 1. The van der Waals surface area contributed by atoms with E-state index in [2.05, 4.69) is 15.5 Å². The Kier molecular flexibility index (Phi) is 7.44. The molecule has 0 spiro atoms. The van der Waals surface area contributed by atoms with Crippen LogP contribution in [-0.2, 0) is 16.1 Å². The molecule has 0 aliphatic carbocycles. The number of benzene rings is 1. The van der Waals surface area contributed by atoms with E-state index in [9.17, 15) is 9.59 Å². The minimum Gasteiger partial charge on any atom is -0.379 e. The quantitative estimate of drug-likeness (QED) is 0.721. The van der Waals surface area contributed by atoms with Gasteiger partial charge in [-0.25, -0.2) is 0 Å². The number of morpholine rings is 1. The average Bonchev–Trinajstić information content (AvgIpc) is 3.18. The first-order valence-electron chi connectivity index (χ1n) is 9.22. The first-order valence-corrected chi connectivity index (χ1v) is 10.4. The largest absolute Gasteiger partial charge is 0.379 e. The minimum atomic E-state index is -0.121. The number of nitrogens with one attached hydrogen (secondary N) is 2. The van der Waals surface area contributed by atoms with E-state index in [0.717, 1.165) is 23.5 Å². The van der Waals surface area contributed by atoms with Crippen molar-refractivity contribution in [1.82, 2.24) is 15.5 Å².